The fraction of sp³-hybridized carbons (Fsp3) is 0.286. The second-order valence-corrected chi connectivity index (χ2v) is 6.78. The SMILES string of the molecule is NC(=O)NCc1ccc(C(=O)NCc2ccccc2CN2CCCC2=O)cc1. The zero-order valence-electron chi connectivity index (χ0n) is 15.6. The Morgan fingerprint density at radius 3 is 2.32 bits per heavy atom. The number of nitrogens with one attached hydrogen (secondary N) is 2. The van der Waals surface area contributed by atoms with Gasteiger partial charge in [0.05, 0.1) is 0 Å². The summed E-state index contributed by atoms with van der Waals surface area (Å²) in [6.07, 6.45) is 1.52. The Labute approximate surface area is 163 Å². The maximum absolute atomic E-state index is 12.4. The third kappa shape index (κ3) is 5.09. The van der Waals surface area contributed by atoms with E-state index in [-0.39, 0.29) is 11.8 Å². The van der Waals surface area contributed by atoms with Gasteiger partial charge in [0.15, 0.2) is 0 Å². The molecule has 0 atom stereocenters. The lowest BCUT2D eigenvalue weighted by Gasteiger charge is -2.18. The van der Waals surface area contributed by atoms with Gasteiger partial charge in [-0.15, -0.1) is 0 Å². The molecule has 0 aromatic heterocycles. The van der Waals surface area contributed by atoms with Gasteiger partial charge in [-0.1, -0.05) is 36.4 Å². The highest BCUT2D eigenvalue weighted by atomic mass is 16.2. The summed E-state index contributed by atoms with van der Waals surface area (Å²) in [6.45, 7) is 2.07. The van der Waals surface area contributed by atoms with Crippen LogP contribution < -0.4 is 16.4 Å². The zero-order chi connectivity index (χ0) is 19.9. The number of nitrogens with zero attached hydrogens (tertiary/aromatic N) is 1. The van der Waals surface area contributed by atoms with Crippen molar-refractivity contribution in [1.82, 2.24) is 15.5 Å². The molecule has 0 aliphatic carbocycles. The van der Waals surface area contributed by atoms with Crippen molar-refractivity contribution < 1.29 is 14.4 Å². The van der Waals surface area contributed by atoms with Gasteiger partial charge >= 0.3 is 6.03 Å². The molecule has 1 aliphatic rings. The first kappa shape index (κ1) is 19.4. The molecule has 3 rings (SSSR count). The van der Waals surface area contributed by atoms with E-state index in [0.29, 0.717) is 31.6 Å². The van der Waals surface area contributed by atoms with E-state index in [4.69, 9.17) is 5.73 Å². The molecule has 2 aromatic rings. The van der Waals surface area contributed by atoms with Crippen molar-refractivity contribution in [3.05, 3.63) is 70.8 Å². The summed E-state index contributed by atoms with van der Waals surface area (Å²) in [4.78, 5) is 36.9. The minimum atomic E-state index is -0.587. The molecule has 0 radical (unpaired) electrons. The molecule has 0 unspecified atom stereocenters. The van der Waals surface area contributed by atoms with E-state index in [0.717, 1.165) is 29.7 Å². The molecule has 7 nitrogen and oxygen atoms in total. The third-order valence-electron chi connectivity index (χ3n) is 4.77. The minimum Gasteiger partial charge on any atom is -0.352 e. The average molecular weight is 380 g/mol. The lowest BCUT2D eigenvalue weighted by atomic mass is 10.1. The summed E-state index contributed by atoms with van der Waals surface area (Å²) >= 11 is 0. The molecule has 0 saturated carbocycles. The third-order valence-corrected chi connectivity index (χ3v) is 4.77. The zero-order valence-corrected chi connectivity index (χ0v) is 15.6. The van der Waals surface area contributed by atoms with Crippen molar-refractivity contribution in [2.45, 2.75) is 32.5 Å². The molecule has 1 saturated heterocycles. The minimum absolute atomic E-state index is 0.179. The van der Waals surface area contributed by atoms with Gasteiger partial charge in [0.2, 0.25) is 5.91 Å². The van der Waals surface area contributed by atoms with Gasteiger partial charge in [-0.25, -0.2) is 4.79 Å². The molecule has 1 fully saturated rings. The Balaban J connectivity index is 1.58. The summed E-state index contributed by atoms with van der Waals surface area (Å²) < 4.78 is 0. The lowest BCUT2D eigenvalue weighted by Crippen LogP contribution is -2.28. The fourth-order valence-electron chi connectivity index (χ4n) is 3.20. The first-order valence-corrected chi connectivity index (χ1v) is 9.28. The predicted octanol–water partition coefficient (Wildman–Crippen LogP) is 1.91. The fourth-order valence-corrected chi connectivity index (χ4v) is 3.20. The van der Waals surface area contributed by atoms with Crippen molar-refractivity contribution in [2.24, 2.45) is 5.73 Å². The number of amides is 4. The topological polar surface area (TPSA) is 105 Å². The molecule has 4 N–H and O–H groups in total. The standard InChI is InChI=1S/C21H24N4O3/c22-21(28)24-12-15-7-9-16(10-8-15)20(27)23-13-17-4-1-2-5-18(17)14-25-11-3-6-19(25)26/h1-2,4-5,7-10H,3,6,11-14H2,(H,23,27)(H3,22,24,28). The molecule has 0 spiro atoms. The van der Waals surface area contributed by atoms with Crippen LogP contribution in [0.5, 0.6) is 0 Å². The second-order valence-electron chi connectivity index (χ2n) is 6.78. The van der Waals surface area contributed by atoms with Crippen LogP contribution in [0, 0.1) is 0 Å². The van der Waals surface area contributed by atoms with Gasteiger partial charge in [0.25, 0.3) is 5.91 Å². The van der Waals surface area contributed by atoms with Crippen LogP contribution in [0.3, 0.4) is 0 Å². The van der Waals surface area contributed by atoms with E-state index < -0.39 is 6.03 Å². The van der Waals surface area contributed by atoms with Crippen LogP contribution in [0.2, 0.25) is 0 Å². The van der Waals surface area contributed by atoms with Gasteiger partial charge in [0, 0.05) is 38.2 Å². The normalized spacial score (nSPS) is 13.4. The number of hydrogen-bond acceptors (Lipinski definition) is 3. The number of carbonyl (C=O) groups is 3. The molecule has 1 aliphatic heterocycles. The smallest absolute Gasteiger partial charge is 0.312 e. The van der Waals surface area contributed by atoms with E-state index in [1.807, 2.05) is 29.2 Å². The number of rotatable bonds is 7. The van der Waals surface area contributed by atoms with Gasteiger partial charge < -0.3 is 21.3 Å². The van der Waals surface area contributed by atoms with Crippen LogP contribution >= 0.6 is 0 Å². The molecule has 1 heterocycles. The molecule has 2 aromatic carbocycles. The monoisotopic (exact) mass is 380 g/mol. The van der Waals surface area contributed by atoms with Crippen molar-refractivity contribution in [3.63, 3.8) is 0 Å². The van der Waals surface area contributed by atoms with Crippen molar-refractivity contribution in [3.8, 4) is 0 Å². The Morgan fingerprint density at radius 2 is 1.68 bits per heavy atom. The van der Waals surface area contributed by atoms with E-state index in [1.54, 1.807) is 24.3 Å². The number of likely N-dealkylation sites (tertiary alicyclic amines) is 1. The number of carbonyl (C=O) groups excluding carboxylic acids is 3. The Bertz CT molecular complexity index is 864. The predicted molar refractivity (Wildman–Crippen MR) is 105 cm³/mol. The summed E-state index contributed by atoms with van der Waals surface area (Å²) in [5.41, 5.74) is 8.49. The Kier molecular flexibility index (Phi) is 6.26. The Morgan fingerprint density at radius 1 is 0.964 bits per heavy atom. The number of hydrogen-bond donors (Lipinski definition) is 3. The van der Waals surface area contributed by atoms with Gasteiger partial charge in [0.1, 0.15) is 0 Å². The molecular formula is C21H24N4O3. The second kappa shape index (κ2) is 9.03. The number of primary amides is 1. The molecular weight excluding hydrogens is 356 g/mol. The van der Waals surface area contributed by atoms with Crippen molar-refractivity contribution >= 4 is 17.8 Å². The first-order chi connectivity index (χ1) is 13.5. The van der Waals surface area contributed by atoms with Crippen LogP contribution in [-0.4, -0.2) is 29.3 Å². The molecule has 7 heteroatoms. The summed E-state index contributed by atoms with van der Waals surface area (Å²) in [5, 5.41) is 5.44. The highest BCUT2D eigenvalue weighted by molar-refractivity contribution is 5.94. The van der Waals surface area contributed by atoms with Gasteiger partial charge in [-0.3, -0.25) is 9.59 Å². The summed E-state index contributed by atoms with van der Waals surface area (Å²) in [6, 6.07) is 14.2. The van der Waals surface area contributed by atoms with E-state index in [9.17, 15) is 14.4 Å². The van der Waals surface area contributed by atoms with Gasteiger partial charge in [-0.05, 0) is 35.2 Å². The van der Waals surface area contributed by atoms with Crippen molar-refractivity contribution in [1.29, 1.82) is 0 Å². The maximum atomic E-state index is 12.4. The highest BCUT2D eigenvalue weighted by Gasteiger charge is 2.21. The van der Waals surface area contributed by atoms with Crippen LogP contribution in [0.4, 0.5) is 4.79 Å². The van der Waals surface area contributed by atoms with E-state index in [1.165, 1.54) is 0 Å². The molecule has 28 heavy (non-hydrogen) atoms. The first-order valence-electron chi connectivity index (χ1n) is 9.28. The lowest BCUT2D eigenvalue weighted by molar-refractivity contribution is -0.128. The van der Waals surface area contributed by atoms with E-state index >= 15 is 0 Å². The quantitative estimate of drug-likeness (QED) is 0.683. The number of nitrogens with two attached hydrogens (primary N) is 1. The van der Waals surface area contributed by atoms with E-state index in [2.05, 4.69) is 10.6 Å². The highest BCUT2D eigenvalue weighted by Crippen LogP contribution is 2.17. The average Bonchev–Trinajstić information content (AvgIpc) is 3.10. The summed E-state index contributed by atoms with van der Waals surface area (Å²) in [5.74, 6) is 0.00576. The van der Waals surface area contributed by atoms with Crippen LogP contribution in [0.15, 0.2) is 48.5 Å². The van der Waals surface area contributed by atoms with Crippen LogP contribution in [0.25, 0.3) is 0 Å². The summed E-state index contributed by atoms with van der Waals surface area (Å²) in [7, 11) is 0. The molecule has 0 bridgehead atoms. The Hall–Kier alpha value is -3.35. The van der Waals surface area contributed by atoms with Gasteiger partial charge in [-0.2, -0.15) is 0 Å². The van der Waals surface area contributed by atoms with Crippen molar-refractivity contribution in [2.75, 3.05) is 6.54 Å². The number of urea groups is 1. The van der Waals surface area contributed by atoms with Crippen LogP contribution in [-0.2, 0) is 24.4 Å². The van der Waals surface area contributed by atoms with Crippen LogP contribution in [0.1, 0.15) is 39.9 Å². The molecule has 4 amide bonds. The molecule has 146 valence electrons. The number of benzene rings is 2. The maximum Gasteiger partial charge on any atom is 0.312 e. The largest absolute Gasteiger partial charge is 0.352 e.